The number of benzene rings is 4. The van der Waals surface area contributed by atoms with Crippen LogP contribution in [-0.2, 0) is 24.6 Å². The zero-order chi connectivity index (χ0) is 32.7. The topological polar surface area (TPSA) is 84.4 Å². The van der Waals surface area contributed by atoms with E-state index in [4.69, 9.17) is 23.2 Å². The Bertz CT molecular complexity index is 2120. The third-order valence-electron chi connectivity index (χ3n) is 8.13. The summed E-state index contributed by atoms with van der Waals surface area (Å²) in [6, 6.07) is 26.0. The molecule has 6 nitrogen and oxygen atoms in total. The maximum Gasteiger partial charge on any atom is 0.264 e. The molecule has 0 aliphatic carbocycles. The van der Waals surface area contributed by atoms with Crippen LogP contribution in [0.3, 0.4) is 0 Å². The van der Waals surface area contributed by atoms with Gasteiger partial charge in [0.2, 0.25) is 0 Å². The first-order valence-corrected chi connectivity index (χ1v) is 19.3. The molecule has 1 heterocycles. The van der Waals surface area contributed by atoms with Gasteiger partial charge in [0.05, 0.1) is 36.9 Å². The van der Waals surface area contributed by atoms with Crippen molar-refractivity contribution in [2.75, 3.05) is 16.8 Å². The molecule has 0 aliphatic heterocycles. The number of sulfonamides is 1. The minimum atomic E-state index is -4.11. The molecule has 0 amide bonds. The van der Waals surface area contributed by atoms with Crippen molar-refractivity contribution in [2.24, 2.45) is 0 Å². The molecule has 0 radical (unpaired) electrons. The lowest BCUT2D eigenvalue weighted by atomic mass is 9.92. The fourth-order valence-corrected chi connectivity index (χ4v) is 8.11. The van der Waals surface area contributed by atoms with E-state index in [1.807, 2.05) is 73.8 Å². The van der Waals surface area contributed by atoms with E-state index in [0.29, 0.717) is 16.8 Å². The van der Waals surface area contributed by atoms with Gasteiger partial charge in [-0.2, -0.15) is 0 Å². The van der Waals surface area contributed by atoms with E-state index in [2.05, 4.69) is 4.98 Å². The van der Waals surface area contributed by atoms with Gasteiger partial charge >= 0.3 is 0 Å². The van der Waals surface area contributed by atoms with E-state index in [1.54, 1.807) is 43.9 Å². The molecule has 1 unspecified atom stereocenters. The van der Waals surface area contributed by atoms with Crippen LogP contribution in [0, 0.1) is 0 Å². The number of fused-ring (bicyclic) bond motifs is 1. The van der Waals surface area contributed by atoms with E-state index in [1.165, 1.54) is 28.8 Å². The Morgan fingerprint density at radius 3 is 2.20 bits per heavy atom. The van der Waals surface area contributed by atoms with Gasteiger partial charge in [-0.3, -0.25) is 9.29 Å². The molecule has 1 atom stereocenters. The fraction of sp³-hybridized carbons (Fsp3) is 0.206. The standard InChI is InChI=1S/C34H32Cl2N2O4S3/c1-22(38(27-11-13-28(43-4)14-12-27)45(41,42)29-15-16-31(35)32(36)21-29)23-8-6-9-24(18-23)30-20-26(34(2,3)44(5,39)40)19-25-10-7-17-37-33(25)30/h6-22H,1-5H3. The predicted octanol–water partition coefficient (Wildman–Crippen LogP) is 9.17. The number of hydrogen-bond donors (Lipinski definition) is 0. The van der Waals surface area contributed by atoms with E-state index in [0.717, 1.165) is 27.0 Å². The summed E-state index contributed by atoms with van der Waals surface area (Å²) in [6.45, 7) is 5.21. The zero-order valence-electron chi connectivity index (χ0n) is 25.3. The Morgan fingerprint density at radius 2 is 1.56 bits per heavy atom. The molecule has 0 spiro atoms. The largest absolute Gasteiger partial charge is 0.264 e. The highest BCUT2D eigenvalue weighted by Crippen LogP contribution is 2.39. The zero-order valence-corrected chi connectivity index (χ0v) is 29.3. The van der Waals surface area contributed by atoms with Crippen molar-refractivity contribution >= 4 is 71.4 Å². The normalized spacial score (nSPS) is 13.1. The smallest absolute Gasteiger partial charge is 0.259 e. The van der Waals surface area contributed by atoms with Crippen LogP contribution in [-0.4, -0.2) is 34.3 Å². The average molecular weight is 700 g/mol. The summed E-state index contributed by atoms with van der Waals surface area (Å²) in [4.78, 5) is 5.64. The van der Waals surface area contributed by atoms with Gasteiger partial charge in [-0.15, -0.1) is 11.8 Å². The van der Waals surface area contributed by atoms with Crippen LogP contribution in [0.2, 0.25) is 10.0 Å². The molecule has 5 aromatic rings. The maximum absolute atomic E-state index is 14.3. The first kappa shape index (κ1) is 33.3. The lowest BCUT2D eigenvalue weighted by Gasteiger charge is -2.31. The lowest BCUT2D eigenvalue weighted by molar-refractivity contribution is 0.561. The number of hydrogen-bond acceptors (Lipinski definition) is 6. The van der Waals surface area contributed by atoms with Crippen LogP contribution in [0.15, 0.2) is 107 Å². The van der Waals surface area contributed by atoms with Crippen molar-refractivity contribution in [1.82, 2.24) is 4.98 Å². The first-order valence-electron chi connectivity index (χ1n) is 14.0. The summed E-state index contributed by atoms with van der Waals surface area (Å²) >= 11 is 13.9. The number of nitrogens with zero attached hydrogens (tertiary/aromatic N) is 2. The molecule has 0 fully saturated rings. The van der Waals surface area contributed by atoms with Crippen LogP contribution in [0.1, 0.15) is 37.9 Å². The number of sulfone groups is 1. The molecule has 0 N–H and O–H groups in total. The minimum absolute atomic E-state index is 0.0137. The molecule has 234 valence electrons. The third-order valence-corrected chi connectivity index (χ3v) is 13.6. The predicted molar refractivity (Wildman–Crippen MR) is 188 cm³/mol. The van der Waals surface area contributed by atoms with Crippen molar-refractivity contribution in [3.63, 3.8) is 0 Å². The van der Waals surface area contributed by atoms with Gasteiger partial charge in [-0.05, 0) is 110 Å². The molecule has 0 saturated carbocycles. The Morgan fingerprint density at radius 1 is 0.844 bits per heavy atom. The van der Waals surface area contributed by atoms with Crippen LogP contribution < -0.4 is 4.31 Å². The number of pyridine rings is 1. The first-order chi connectivity index (χ1) is 21.1. The third kappa shape index (κ3) is 6.46. The van der Waals surface area contributed by atoms with Crippen molar-refractivity contribution < 1.29 is 16.8 Å². The highest BCUT2D eigenvalue weighted by Gasteiger charge is 2.34. The number of thioether (sulfide) groups is 1. The molecular weight excluding hydrogens is 667 g/mol. The number of rotatable bonds is 9. The Balaban J connectivity index is 1.68. The van der Waals surface area contributed by atoms with Gasteiger partial charge in [0.1, 0.15) is 0 Å². The second-order valence-corrected chi connectivity index (χ2v) is 17.3. The van der Waals surface area contributed by atoms with E-state index in [9.17, 15) is 16.8 Å². The number of aromatic nitrogens is 1. The van der Waals surface area contributed by atoms with Gasteiger partial charge in [-0.25, -0.2) is 16.8 Å². The van der Waals surface area contributed by atoms with Gasteiger partial charge < -0.3 is 0 Å². The Hall–Kier alpha value is -3.08. The van der Waals surface area contributed by atoms with Crippen molar-refractivity contribution in [2.45, 2.75) is 41.4 Å². The van der Waals surface area contributed by atoms with Crippen molar-refractivity contribution in [1.29, 1.82) is 0 Å². The van der Waals surface area contributed by atoms with Crippen molar-refractivity contribution in [3.05, 3.63) is 118 Å². The van der Waals surface area contributed by atoms with E-state index in [-0.39, 0.29) is 14.9 Å². The maximum atomic E-state index is 14.3. The SMILES string of the molecule is CSc1ccc(N(C(C)c2cccc(-c3cc(C(C)(C)S(C)(=O)=O)cc4cccnc34)c2)S(=O)(=O)c2ccc(Cl)c(Cl)c2)cc1. The highest BCUT2D eigenvalue weighted by molar-refractivity contribution is 7.98. The summed E-state index contributed by atoms with van der Waals surface area (Å²) in [5, 5.41) is 1.20. The monoisotopic (exact) mass is 698 g/mol. The molecular formula is C34H32Cl2N2O4S3. The highest BCUT2D eigenvalue weighted by atomic mass is 35.5. The Kier molecular flexibility index (Phi) is 9.33. The number of anilines is 1. The van der Waals surface area contributed by atoms with Crippen LogP contribution in [0.25, 0.3) is 22.0 Å². The molecule has 0 aliphatic rings. The average Bonchev–Trinajstić information content (AvgIpc) is 3.01. The van der Waals surface area contributed by atoms with Gasteiger partial charge in [0.15, 0.2) is 9.84 Å². The summed E-state index contributed by atoms with van der Waals surface area (Å²) in [7, 11) is -7.56. The van der Waals surface area contributed by atoms with E-state index < -0.39 is 30.6 Å². The molecule has 0 bridgehead atoms. The number of halogens is 2. The molecule has 11 heteroatoms. The molecule has 5 rings (SSSR count). The van der Waals surface area contributed by atoms with Gasteiger partial charge in [0.25, 0.3) is 10.0 Å². The van der Waals surface area contributed by atoms with Crippen molar-refractivity contribution in [3.8, 4) is 11.1 Å². The Labute approximate surface area is 279 Å². The van der Waals surface area contributed by atoms with Gasteiger partial charge in [0, 0.05) is 28.3 Å². The van der Waals surface area contributed by atoms with Gasteiger partial charge in [-0.1, -0.05) is 47.5 Å². The van der Waals surface area contributed by atoms with Crippen LogP contribution >= 0.6 is 35.0 Å². The second-order valence-electron chi connectivity index (χ2n) is 11.3. The fourth-order valence-electron chi connectivity index (χ4n) is 5.13. The summed E-state index contributed by atoms with van der Waals surface area (Å²) < 4.78 is 54.4. The minimum Gasteiger partial charge on any atom is -0.259 e. The van der Waals surface area contributed by atoms with Crippen LogP contribution in [0.4, 0.5) is 5.69 Å². The summed E-state index contributed by atoms with van der Waals surface area (Å²) in [6.07, 6.45) is 4.89. The molecule has 45 heavy (non-hydrogen) atoms. The molecule has 1 aromatic heterocycles. The lowest BCUT2D eigenvalue weighted by Crippen LogP contribution is -2.33. The second kappa shape index (κ2) is 12.6. The van der Waals surface area contributed by atoms with Crippen LogP contribution in [0.5, 0.6) is 0 Å². The molecule has 0 saturated heterocycles. The quantitative estimate of drug-likeness (QED) is 0.143. The van der Waals surface area contributed by atoms with E-state index >= 15 is 0 Å². The molecule has 4 aromatic carbocycles. The summed E-state index contributed by atoms with van der Waals surface area (Å²) in [5.41, 5.74) is 4.08. The summed E-state index contributed by atoms with van der Waals surface area (Å²) in [5.74, 6) is 0.